The number of hydrogen-bond acceptors (Lipinski definition) is 1. The smallest absolute Gasteiger partial charge is 0.122 e. The molecule has 1 nitrogen and oxygen atoms in total. The Bertz CT molecular complexity index is 238. The summed E-state index contributed by atoms with van der Waals surface area (Å²) in [6.45, 7) is 8.88. The van der Waals surface area contributed by atoms with Gasteiger partial charge in [0.15, 0.2) is 0 Å². The highest BCUT2D eigenvalue weighted by Gasteiger charge is 2.34. The predicted molar refractivity (Wildman–Crippen MR) is 60.1 cm³/mol. The summed E-state index contributed by atoms with van der Waals surface area (Å²) in [6, 6.07) is 0. The van der Waals surface area contributed by atoms with Crippen molar-refractivity contribution in [2.75, 3.05) is 0 Å². The molecule has 0 aromatic heterocycles. The van der Waals surface area contributed by atoms with Crippen molar-refractivity contribution >= 4 is 6.29 Å². The Kier molecular flexibility index (Phi) is 3.52. The van der Waals surface area contributed by atoms with Gasteiger partial charge >= 0.3 is 0 Å². The Labute approximate surface area is 87.6 Å². The molecule has 1 rings (SSSR count). The van der Waals surface area contributed by atoms with Crippen molar-refractivity contribution < 1.29 is 4.79 Å². The summed E-state index contributed by atoms with van der Waals surface area (Å²) in [6.07, 6.45) is 6.85. The first-order valence-electron chi connectivity index (χ1n) is 5.61. The highest BCUT2D eigenvalue weighted by atomic mass is 16.1. The Morgan fingerprint density at radius 3 is 2.71 bits per heavy atom. The van der Waals surface area contributed by atoms with Gasteiger partial charge in [-0.15, -0.1) is 0 Å². The van der Waals surface area contributed by atoms with E-state index in [9.17, 15) is 4.79 Å². The number of rotatable bonds is 4. The molecule has 0 aromatic rings. The van der Waals surface area contributed by atoms with Gasteiger partial charge in [0.25, 0.3) is 0 Å². The van der Waals surface area contributed by atoms with Crippen LogP contribution < -0.4 is 0 Å². The van der Waals surface area contributed by atoms with E-state index in [1.165, 1.54) is 18.4 Å². The average Bonchev–Trinajstić information content (AvgIpc) is 2.39. The lowest BCUT2D eigenvalue weighted by molar-refractivity contribution is -0.110. The molecule has 0 bridgehead atoms. The normalized spacial score (nSPS) is 27.1. The second-order valence-corrected chi connectivity index (χ2v) is 5.23. The fraction of sp³-hybridized carbons (Fsp3) is 0.769. The first-order valence-corrected chi connectivity index (χ1v) is 5.61. The second kappa shape index (κ2) is 4.29. The van der Waals surface area contributed by atoms with Gasteiger partial charge in [-0.3, -0.25) is 0 Å². The SMILES string of the molecule is CC1=CC[C@H](CCC(C)C=O)C1(C)C. The van der Waals surface area contributed by atoms with Crippen molar-refractivity contribution in [2.45, 2.75) is 47.0 Å². The highest BCUT2D eigenvalue weighted by molar-refractivity contribution is 5.52. The fourth-order valence-corrected chi connectivity index (χ4v) is 2.21. The molecule has 0 saturated carbocycles. The zero-order valence-corrected chi connectivity index (χ0v) is 9.84. The van der Waals surface area contributed by atoms with Gasteiger partial charge in [0, 0.05) is 5.92 Å². The van der Waals surface area contributed by atoms with E-state index < -0.39 is 0 Å². The van der Waals surface area contributed by atoms with E-state index in [0.29, 0.717) is 5.41 Å². The molecular formula is C13H22O. The van der Waals surface area contributed by atoms with Crippen molar-refractivity contribution in [3.05, 3.63) is 11.6 Å². The minimum absolute atomic E-state index is 0.228. The van der Waals surface area contributed by atoms with Crippen molar-refractivity contribution in [3.63, 3.8) is 0 Å². The van der Waals surface area contributed by atoms with Crippen LogP contribution in [0.5, 0.6) is 0 Å². The maximum absolute atomic E-state index is 10.5. The maximum Gasteiger partial charge on any atom is 0.122 e. The first kappa shape index (κ1) is 11.5. The molecule has 1 heteroatoms. The summed E-state index contributed by atoms with van der Waals surface area (Å²) < 4.78 is 0. The molecule has 0 saturated heterocycles. The van der Waals surface area contributed by atoms with Crippen molar-refractivity contribution in [3.8, 4) is 0 Å². The van der Waals surface area contributed by atoms with Gasteiger partial charge in [0.1, 0.15) is 6.29 Å². The average molecular weight is 194 g/mol. The lowest BCUT2D eigenvalue weighted by atomic mass is 9.75. The zero-order chi connectivity index (χ0) is 10.8. The molecule has 14 heavy (non-hydrogen) atoms. The zero-order valence-electron chi connectivity index (χ0n) is 9.84. The summed E-state index contributed by atoms with van der Waals surface area (Å²) in [5.41, 5.74) is 1.86. The van der Waals surface area contributed by atoms with Gasteiger partial charge in [0.2, 0.25) is 0 Å². The molecule has 0 amide bonds. The molecule has 0 aromatic carbocycles. The van der Waals surface area contributed by atoms with Crippen molar-refractivity contribution in [1.82, 2.24) is 0 Å². The van der Waals surface area contributed by atoms with Crippen LogP contribution in [0, 0.1) is 17.3 Å². The Hall–Kier alpha value is -0.590. The summed E-state index contributed by atoms with van der Waals surface area (Å²) in [5.74, 6) is 0.969. The van der Waals surface area contributed by atoms with Crippen LogP contribution in [0.1, 0.15) is 47.0 Å². The molecule has 80 valence electrons. The Morgan fingerprint density at radius 2 is 2.29 bits per heavy atom. The number of carbonyl (C=O) groups is 1. The van der Waals surface area contributed by atoms with Gasteiger partial charge < -0.3 is 4.79 Å². The van der Waals surface area contributed by atoms with E-state index in [-0.39, 0.29) is 5.92 Å². The van der Waals surface area contributed by atoms with E-state index in [0.717, 1.165) is 18.6 Å². The summed E-state index contributed by atoms with van der Waals surface area (Å²) >= 11 is 0. The molecule has 0 aliphatic heterocycles. The topological polar surface area (TPSA) is 17.1 Å². The van der Waals surface area contributed by atoms with Crippen LogP contribution in [0.4, 0.5) is 0 Å². The van der Waals surface area contributed by atoms with Gasteiger partial charge in [-0.1, -0.05) is 32.4 Å². The number of carbonyl (C=O) groups excluding carboxylic acids is 1. The fourth-order valence-electron chi connectivity index (χ4n) is 2.21. The van der Waals surface area contributed by atoms with Crippen LogP contribution in [-0.4, -0.2) is 6.29 Å². The van der Waals surface area contributed by atoms with Gasteiger partial charge in [0.05, 0.1) is 0 Å². The largest absolute Gasteiger partial charge is 0.303 e. The van der Waals surface area contributed by atoms with E-state index in [1.54, 1.807) is 0 Å². The maximum atomic E-state index is 10.5. The molecular weight excluding hydrogens is 172 g/mol. The van der Waals surface area contributed by atoms with Crippen LogP contribution in [-0.2, 0) is 4.79 Å². The van der Waals surface area contributed by atoms with Crippen LogP contribution >= 0.6 is 0 Å². The quantitative estimate of drug-likeness (QED) is 0.493. The van der Waals surface area contributed by atoms with Crippen LogP contribution in [0.2, 0.25) is 0 Å². The molecule has 1 unspecified atom stereocenters. The number of allylic oxidation sites excluding steroid dienone is 2. The van der Waals surface area contributed by atoms with Crippen LogP contribution in [0.3, 0.4) is 0 Å². The summed E-state index contributed by atoms with van der Waals surface area (Å²) in [7, 11) is 0. The minimum Gasteiger partial charge on any atom is -0.303 e. The minimum atomic E-state index is 0.228. The number of hydrogen-bond donors (Lipinski definition) is 0. The van der Waals surface area contributed by atoms with Gasteiger partial charge in [-0.2, -0.15) is 0 Å². The van der Waals surface area contributed by atoms with Gasteiger partial charge in [-0.25, -0.2) is 0 Å². The van der Waals surface area contributed by atoms with E-state index in [4.69, 9.17) is 0 Å². The molecule has 0 fully saturated rings. The Morgan fingerprint density at radius 1 is 1.64 bits per heavy atom. The molecule has 0 radical (unpaired) electrons. The van der Waals surface area contributed by atoms with Crippen molar-refractivity contribution in [2.24, 2.45) is 17.3 Å². The van der Waals surface area contributed by atoms with Gasteiger partial charge in [-0.05, 0) is 37.5 Å². The lowest BCUT2D eigenvalue weighted by Gasteiger charge is -2.30. The molecule has 1 aliphatic rings. The molecule has 1 aliphatic carbocycles. The monoisotopic (exact) mass is 194 g/mol. The second-order valence-electron chi connectivity index (χ2n) is 5.23. The summed E-state index contributed by atoms with van der Waals surface area (Å²) in [5, 5.41) is 0. The standard InChI is InChI=1S/C13H22O/c1-10(9-14)5-7-12-8-6-11(2)13(12,3)4/h6,9-10,12H,5,7-8H2,1-4H3/t10?,12-/m0/s1. The lowest BCUT2D eigenvalue weighted by Crippen LogP contribution is -2.21. The third kappa shape index (κ3) is 2.26. The van der Waals surface area contributed by atoms with Crippen LogP contribution in [0.25, 0.3) is 0 Å². The predicted octanol–water partition coefficient (Wildman–Crippen LogP) is 3.59. The third-order valence-corrected chi connectivity index (χ3v) is 3.95. The van der Waals surface area contributed by atoms with Crippen LogP contribution in [0.15, 0.2) is 11.6 Å². The third-order valence-electron chi connectivity index (χ3n) is 3.95. The Balaban J connectivity index is 2.45. The van der Waals surface area contributed by atoms with E-state index in [2.05, 4.69) is 26.8 Å². The molecule has 0 N–H and O–H groups in total. The molecule has 0 spiro atoms. The molecule has 0 heterocycles. The summed E-state index contributed by atoms with van der Waals surface area (Å²) in [4.78, 5) is 10.5. The van der Waals surface area contributed by atoms with Crippen molar-refractivity contribution in [1.29, 1.82) is 0 Å². The highest BCUT2D eigenvalue weighted by Crippen LogP contribution is 2.45. The van der Waals surface area contributed by atoms with E-state index in [1.807, 2.05) is 6.92 Å². The molecule has 2 atom stereocenters. The number of aldehydes is 1. The van der Waals surface area contributed by atoms with E-state index >= 15 is 0 Å². The first-order chi connectivity index (χ1) is 6.48.